The third-order valence-electron chi connectivity index (χ3n) is 4.62. The van der Waals surface area contributed by atoms with Crippen molar-refractivity contribution < 1.29 is 18.9 Å². The normalized spacial score (nSPS) is 10.9. The molecule has 0 spiro atoms. The molecule has 172 valence electrons. The minimum Gasteiger partial charge on any atom is -0.493 e. The first-order chi connectivity index (χ1) is 14.5. The van der Waals surface area contributed by atoms with Gasteiger partial charge in [-0.3, -0.25) is 4.99 Å². The van der Waals surface area contributed by atoms with Crippen molar-refractivity contribution in [1.82, 2.24) is 10.6 Å². The highest BCUT2D eigenvalue weighted by Gasteiger charge is 2.13. The number of nitrogens with zero attached hydrogens (tertiary/aromatic N) is 1. The third-order valence-corrected chi connectivity index (χ3v) is 4.62. The number of hydrogen-bond acceptors (Lipinski definition) is 5. The van der Waals surface area contributed by atoms with E-state index >= 15 is 0 Å². The Balaban J connectivity index is 0.00000480. The molecule has 0 aromatic heterocycles. The SMILES string of the molecule is CN=C(NCCOc1ccc(C(C)C)cc1)NCc1cc(OC)c(OC)c(OC)c1.I. The van der Waals surface area contributed by atoms with E-state index in [1.807, 2.05) is 24.3 Å². The lowest BCUT2D eigenvalue weighted by atomic mass is 10.0. The fourth-order valence-corrected chi connectivity index (χ4v) is 2.93. The number of rotatable bonds is 10. The zero-order valence-electron chi connectivity index (χ0n) is 19.2. The molecular weight excluding hydrogens is 509 g/mol. The molecule has 0 amide bonds. The van der Waals surface area contributed by atoms with Crippen LogP contribution in [0.25, 0.3) is 0 Å². The van der Waals surface area contributed by atoms with Crippen molar-refractivity contribution in [2.24, 2.45) is 4.99 Å². The van der Waals surface area contributed by atoms with Gasteiger partial charge in [0.15, 0.2) is 17.5 Å². The largest absolute Gasteiger partial charge is 0.493 e. The third kappa shape index (κ3) is 8.01. The zero-order chi connectivity index (χ0) is 21.9. The topological polar surface area (TPSA) is 73.3 Å². The minimum absolute atomic E-state index is 0. The van der Waals surface area contributed by atoms with Gasteiger partial charge in [0.25, 0.3) is 0 Å². The van der Waals surface area contributed by atoms with Gasteiger partial charge in [0.2, 0.25) is 5.75 Å². The predicted octanol–water partition coefficient (Wildman–Crippen LogP) is 4.20. The summed E-state index contributed by atoms with van der Waals surface area (Å²) in [5.74, 6) is 3.87. The van der Waals surface area contributed by atoms with Gasteiger partial charge in [-0.05, 0) is 41.3 Å². The van der Waals surface area contributed by atoms with Gasteiger partial charge in [-0.1, -0.05) is 26.0 Å². The summed E-state index contributed by atoms with van der Waals surface area (Å²) in [7, 11) is 6.53. The molecule has 0 fully saturated rings. The summed E-state index contributed by atoms with van der Waals surface area (Å²) in [5, 5.41) is 6.52. The molecule has 0 aliphatic heterocycles. The monoisotopic (exact) mass is 543 g/mol. The molecule has 0 radical (unpaired) electrons. The van der Waals surface area contributed by atoms with Crippen LogP contribution in [-0.2, 0) is 6.54 Å². The van der Waals surface area contributed by atoms with Crippen molar-refractivity contribution in [3.05, 3.63) is 47.5 Å². The van der Waals surface area contributed by atoms with Crippen molar-refractivity contribution in [3.8, 4) is 23.0 Å². The first kappa shape index (κ1) is 26.7. The average Bonchev–Trinajstić information content (AvgIpc) is 2.77. The number of halogens is 1. The van der Waals surface area contributed by atoms with E-state index in [4.69, 9.17) is 18.9 Å². The van der Waals surface area contributed by atoms with Crippen LogP contribution in [0, 0.1) is 0 Å². The standard InChI is InChI=1S/C23H33N3O4.HI/c1-16(2)18-7-9-19(10-8-18)30-12-11-25-23(24-3)26-15-17-13-20(27-4)22(29-6)21(14-17)28-5;/h7-10,13-14,16H,11-12,15H2,1-6H3,(H2,24,25,26);1H. The quantitative estimate of drug-likeness (QED) is 0.203. The molecule has 0 bridgehead atoms. The van der Waals surface area contributed by atoms with E-state index in [2.05, 4.69) is 41.6 Å². The first-order valence-corrected chi connectivity index (χ1v) is 9.98. The van der Waals surface area contributed by atoms with Crippen LogP contribution in [0.4, 0.5) is 0 Å². The number of benzene rings is 2. The fourth-order valence-electron chi connectivity index (χ4n) is 2.93. The van der Waals surface area contributed by atoms with E-state index in [9.17, 15) is 0 Å². The first-order valence-electron chi connectivity index (χ1n) is 9.98. The van der Waals surface area contributed by atoms with E-state index in [1.165, 1.54) is 5.56 Å². The van der Waals surface area contributed by atoms with E-state index in [1.54, 1.807) is 28.4 Å². The van der Waals surface area contributed by atoms with Crippen LogP contribution in [0.3, 0.4) is 0 Å². The van der Waals surface area contributed by atoms with Gasteiger partial charge in [-0.25, -0.2) is 0 Å². The number of aliphatic imine (C=N–C) groups is 1. The molecule has 0 atom stereocenters. The van der Waals surface area contributed by atoms with Crippen LogP contribution >= 0.6 is 24.0 Å². The molecule has 2 aromatic rings. The molecule has 0 unspecified atom stereocenters. The Morgan fingerprint density at radius 1 is 0.935 bits per heavy atom. The molecule has 0 aliphatic rings. The number of methoxy groups -OCH3 is 3. The fraction of sp³-hybridized carbons (Fsp3) is 0.435. The highest BCUT2D eigenvalue weighted by Crippen LogP contribution is 2.38. The van der Waals surface area contributed by atoms with Gasteiger partial charge in [0.05, 0.1) is 27.9 Å². The van der Waals surface area contributed by atoms with Gasteiger partial charge >= 0.3 is 0 Å². The van der Waals surface area contributed by atoms with Crippen LogP contribution in [0.1, 0.15) is 30.9 Å². The Hall–Kier alpha value is -2.36. The predicted molar refractivity (Wildman–Crippen MR) is 136 cm³/mol. The highest BCUT2D eigenvalue weighted by atomic mass is 127. The molecule has 0 saturated carbocycles. The molecule has 0 saturated heterocycles. The number of ether oxygens (including phenoxy) is 4. The lowest BCUT2D eigenvalue weighted by Gasteiger charge is -2.16. The second-order valence-corrected chi connectivity index (χ2v) is 6.96. The lowest BCUT2D eigenvalue weighted by Crippen LogP contribution is -2.38. The summed E-state index contributed by atoms with van der Waals surface area (Å²) in [4.78, 5) is 4.25. The summed E-state index contributed by atoms with van der Waals surface area (Å²) in [6.07, 6.45) is 0. The van der Waals surface area contributed by atoms with Gasteiger partial charge in [0, 0.05) is 13.6 Å². The molecule has 8 heteroatoms. The number of nitrogens with one attached hydrogen (secondary N) is 2. The Labute approximate surface area is 202 Å². The maximum absolute atomic E-state index is 5.79. The number of guanidine groups is 1. The van der Waals surface area contributed by atoms with Crippen LogP contribution in [0.15, 0.2) is 41.4 Å². The molecule has 2 rings (SSSR count). The van der Waals surface area contributed by atoms with Gasteiger partial charge in [-0.15, -0.1) is 24.0 Å². The van der Waals surface area contributed by atoms with Crippen molar-refractivity contribution in [3.63, 3.8) is 0 Å². The van der Waals surface area contributed by atoms with Crippen molar-refractivity contribution in [1.29, 1.82) is 0 Å². The Kier molecular flexibility index (Phi) is 11.9. The van der Waals surface area contributed by atoms with Crippen LogP contribution in [-0.4, -0.2) is 47.5 Å². The second-order valence-electron chi connectivity index (χ2n) is 6.96. The van der Waals surface area contributed by atoms with Crippen molar-refractivity contribution in [2.75, 3.05) is 41.5 Å². The Morgan fingerprint density at radius 3 is 2.03 bits per heavy atom. The summed E-state index contributed by atoms with van der Waals surface area (Å²) in [6, 6.07) is 12.0. The maximum Gasteiger partial charge on any atom is 0.203 e. The van der Waals surface area contributed by atoms with Crippen molar-refractivity contribution in [2.45, 2.75) is 26.3 Å². The van der Waals surface area contributed by atoms with E-state index < -0.39 is 0 Å². The molecule has 31 heavy (non-hydrogen) atoms. The zero-order valence-corrected chi connectivity index (χ0v) is 21.5. The minimum atomic E-state index is 0. The van der Waals surface area contributed by atoms with Crippen LogP contribution in [0.5, 0.6) is 23.0 Å². The maximum atomic E-state index is 5.79. The molecule has 2 aromatic carbocycles. The highest BCUT2D eigenvalue weighted by molar-refractivity contribution is 14.0. The molecule has 0 aliphatic carbocycles. The summed E-state index contributed by atoms with van der Waals surface area (Å²) < 4.78 is 22.0. The Morgan fingerprint density at radius 2 is 1.55 bits per heavy atom. The van der Waals surface area contributed by atoms with E-state index in [0.717, 1.165) is 11.3 Å². The Bertz CT molecular complexity index is 801. The van der Waals surface area contributed by atoms with E-state index in [0.29, 0.717) is 48.8 Å². The summed E-state index contributed by atoms with van der Waals surface area (Å²) >= 11 is 0. The molecule has 7 nitrogen and oxygen atoms in total. The smallest absolute Gasteiger partial charge is 0.203 e. The summed E-state index contributed by atoms with van der Waals surface area (Å²) in [6.45, 7) is 6.06. The van der Waals surface area contributed by atoms with Gasteiger partial charge < -0.3 is 29.6 Å². The second kappa shape index (κ2) is 13.8. The van der Waals surface area contributed by atoms with Gasteiger partial charge in [0.1, 0.15) is 12.4 Å². The molecule has 2 N–H and O–H groups in total. The lowest BCUT2D eigenvalue weighted by molar-refractivity contribution is 0.321. The van der Waals surface area contributed by atoms with Crippen LogP contribution < -0.4 is 29.6 Å². The van der Waals surface area contributed by atoms with Crippen LogP contribution in [0.2, 0.25) is 0 Å². The van der Waals surface area contributed by atoms with Crippen molar-refractivity contribution >= 4 is 29.9 Å². The molecule has 0 heterocycles. The summed E-state index contributed by atoms with van der Waals surface area (Å²) in [5.41, 5.74) is 2.28. The molecular formula is C23H34IN3O4. The average molecular weight is 543 g/mol. The number of hydrogen-bond donors (Lipinski definition) is 2. The van der Waals surface area contributed by atoms with E-state index in [-0.39, 0.29) is 24.0 Å². The van der Waals surface area contributed by atoms with Gasteiger partial charge in [-0.2, -0.15) is 0 Å².